The summed E-state index contributed by atoms with van der Waals surface area (Å²) >= 11 is 1.70. The lowest BCUT2D eigenvalue weighted by Gasteiger charge is -2.20. The van der Waals surface area contributed by atoms with E-state index in [-0.39, 0.29) is 0 Å². The van der Waals surface area contributed by atoms with Gasteiger partial charge >= 0.3 is 0 Å². The molecule has 0 saturated carbocycles. The topological polar surface area (TPSA) is 90.4 Å². The molecule has 1 aliphatic rings. The summed E-state index contributed by atoms with van der Waals surface area (Å²) in [6, 6.07) is 10.2. The van der Waals surface area contributed by atoms with E-state index in [4.69, 9.17) is 5.41 Å². The van der Waals surface area contributed by atoms with Gasteiger partial charge in [-0.15, -0.1) is 11.3 Å². The largest absolute Gasteiger partial charge is 0.351 e. The van der Waals surface area contributed by atoms with Crippen LogP contribution in [0.15, 0.2) is 51.5 Å². The second-order valence-corrected chi connectivity index (χ2v) is 8.00. The number of guanidine groups is 1. The quantitative estimate of drug-likeness (QED) is 0.576. The van der Waals surface area contributed by atoms with Gasteiger partial charge in [-0.25, -0.2) is 4.99 Å². The van der Waals surface area contributed by atoms with E-state index in [1.165, 1.54) is 4.88 Å². The molecular formula is C21H23N7S. The van der Waals surface area contributed by atoms with Gasteiger partial charge in [0.1, 0.15) is 11.7 Å². The zero-order chi connectivity index (χ0) is 20.5. The van der Waals surface area contributed by atoms with E-state index in [2.05, 4.69) is 43.2 Å². The van der Waals surface area contributed by atoms with Crippen molar-refractivity contribution < 1.29 is 0 Å². The molecule has 4 rings (SSSR count). The van der Waals surface area contributed by atoms with Crippen LogP contribution in [0, 0.1) is 12.3 Å². The molecule has 0 fully saturated rings. The predicted molar refractivity (Wildman–Crippen MR) is 121 cm³/mol. The molecule has 0 spiro atoms. The number of thiophene rings is 1. The van der Waals surface area contributed by atoms with Gasteiger partial charge in [0.25, 0.3) is 0 Å². The van der Waals surface area contributed by atoms with Gasteiger partial charge in [-0.2, -0.15) is 10.1 Å². The van der Waals surface area contributed by atoms with Crippen molar-refractivity contribution in [3.63, 3.8) is 0 Å². The molecule has 2 aromatic heterocycles. The first-order chi connectivity index (χ1) is 13.9. The van der Waals surface area contributed by atoms with Crippen LogP contribution in [0.2, 0.25) is 0 Å². The summed E-state index contributed by atoms with van der Waals surface area (Å²) in [6.45, 7) is 6.32. The molecule has 0 saturated heterocycles. The number of benzene rings is 1. The first kappa shape index (κ1) is 19.1. The van der Waals surface area contributed by atoms with Gasteiger partial charge in [0.05, 0.1) is 17.8 Å². The van der Waals surface area contributed by atoms with Crippen molar-refractivity contribution in [1.82, 2.24) is 20.4 Å². The molecule has 29 heavy (non-hydrogen) atoms. The number of rotatable bonds is 4. The summed E-state index contributed by atoms with van der Waals surface area (Å²) in [5.41, 5.74) is 4.14. The Hall–Kier alpha value is -3.26. The Bertz CT molecular complexity index is 1180. The van der Waals surface area contributed by atoms with Gasteiger partial charge in [0, 0.05) is 28.6 Å². The third kappa shape index (κ3) is 3.84. The van der Waals surface area contributed by atoms with E-state index in [9.17, 15) is 0 Å². The Balaban J connectivity index is 1.71. The standard InChI is InChI=1S/C21H23N7S/c1-12(22)19(15-7-8-18-17(10-15)13(2)27-28(18)4)20-24-14(3)25-21(26-20)23-11-16-6-5-9-29-16/h5-10,22H,11H2,1-4H3,(H2,23,24,25,26)/b20-19+,22-12?. The number of nitrogens with one attached hydrogen (secondary N) is 3. The zero-order valence-electron chi connectivity index (χ0n) is 16.9. The van der Waals surface area contributed by atoms with Crippen LogP contribution in [-0.2, 0) is 13.6 Å². The van der Waals surface area contributed by atoms with Crippen LogP contribution in [0.25, 0.3) is 16.5 Å². The van der Waals surface area contributed by atoms with E-state index in [0.29, 0.717) is 29.9 Å². The summed E-state index contributed by atoms with van der Waals surface area (Å²) in [5, 5.41) is 22.6. The number of allylic oxidation sites excluding steroid dienone is 1. The minimum Gasteiger partial charge on any atom is -0.351 e. The highest BCUT2D eigenvalue weighted by Crippen LogP contribution is 2.26. The summed E-state index contributed by atoms with van der Waals surface area (Å²) in [4.78, 5) is 10.3. The van der Waals surface area contributed by atoms with Gasteiger partial charge in [-0.05, 0) is 49.9 Å². The van der Waals surface area contributed by atoms with Crippen LogP contribution in [0.5, 0.6) is 0 Å². The summed E-state index contributed by atoms with van der Waals surface area (Å²) < 4.78 is 1.87. The maximum Gasteiger partial charge on any atom is 0.203 e. The highest BCUT2D eigenvalue weighted by atomic mass is 32.1. The van der Waals surface area contributed by atoms with Crippen LogP contribution < -0.4 is 10.6 Å². The van der Waals surface area contributed by atoms with Gasteiger partial charge in [0.15, 0.2) is 0 Å². The second kappa shape index (κ2) is 7.63. The number of hydrogen-bond acceptors (Lipinski definition) is 7. The van der Waals surface area contributed by atoms with Gasteiger partial charge in [-0.1, -0.05) is 12.1 Å². The Kier molecular flexibility index (Phi) is 5.02. The molecule has 7 nitrogen and oxygen atoms in total. The lowest BCUT2D eigenvalue weighted by molar-refractivity contribution is 0.783. The average molecular weight is 406 g/mol. The molecule has 1 aliphatic heterocycles. The smallest absolute Gasteiger partial charge is 0.203 e. The molecule has 0 amide bonds. The van der Waals surface area contributed by atoms with Crippen LogP contribution >= 0.6 is 11.3 Å². The van der Waals surface area contributed by atoms with Crippen molar-refractivity contribution in [2.75, 3.05) is 0 Å². The van der Waals surface area contributed by atoms with Crippen molar-refractivity contribution in [2.45, 2.75) is 27.3 Å². The maximum atomic E-state index is 8.39. The number of hydrogen-bond donors (Lipinski definition) is 3. The Morgan fingerprint density at radius 3 is 2.79 bits per heavy atom. The summed E-state index contributed by atoms with van der Waals surface area (Å²) in [7, 11) is 1.94. The summed E-state index contributed by atoms with van der Waals surface area (Å²) in [6.07, 6.45) is 0. The molecular weight excluding hydrogens is 382 g/mol. The maximum absolute atomic E-state index is 8.39. The van der Waals surface area contributed by atoms with Crippen LogP contribution in [-0.4, -0.2) is 27.3 Å². The third-order valence-electron chi connectivity index (χ3n) is 4.73. The fourth-order valence-electron chi connectivity index (χ4n) is 3.43. The lowest BCUT2D eigenvalue weighted by atomic mass is 9.99. The molecule has 0 bridgehead atoms. The van der Waals surface area contributed by atoms with Gasteiger partial charge in [-0.3, -0.25) is 4.68 Å². The van der Waals surface area contributed by atoms with Crippen LogP contribution in [0.1, 0.15) is 30.0 Å². The van der Waals surface area contributed by atoms with Crippen molar-refractivity contribution in [2.24, 2.45) is 17.0 Å². The van der Waals surface area contributed by atoms with Crippen molar-refractivity contribution in [3.05, 3.63) is 57.7 Å². The Morgan fingerprint density at radius 2 is 2.07 bits per heavy atom. The van der Waals surface area contributed by atoms with Crippen LogP contribution in [0.4, 0.5) is 0 Å². The van der Waals surface area contributed by atoms with E-state index in [1.54, 1.807) is 18.3 Å². The molecule has 3 N–H and O–H groups in total. The summed E-state index contributed by atoms with van der Waals surface area (Å²) in [5.74, 6) is 1.91. The van der Waals surface area contributed by atoms with E-state index >= 15 is 0 Å². The molecule has 0 atom stereocenters. The Morgan fingerprint density at radius 1 is 1.24 bits per heavy atom. The molecule has 8 heteroatoms. The number of fused-ring (bicyclic) bond motifs is 1. The van der Waals surface area contributed by atoms with Crippen molar-refractivity contribution in [1.29, 1.82) is 5.41 Å². The first-order valence-electron chi connectivity index (χ1n) is 9.33. The van der Waals surface area contributed by atoms with Gasteiger partial charge in [0.2, 0.25) is 5.96 Å². The fraction of sp³-hybridized carbons (Fsp3) is 0.238. The molecule has 0 radical (unpaired) electrons. The number of aliphatic imine (C=N–C) groups is 2. The van der Waals surface area contributed by atoms with E-state index in [0.717, 1.165) is 27.7 Å². The third-order valence-corrected chi connectivity index (χ3v) is 5.61. The fourth-order valence-corrected chi connectivity index (χ4v) is 4.07. The highest BCUT2D eigenvalue weighted by Gasteiger charge is 2.18. The molecule has 0 unspecified atom stereocenters. The molecule has 3 aromatic rings. The van der Waals surface area contributed by atoms with Crippen molar-refractivity contribution >= 4 is 45.3 Å². The SMILES string of the molecule is CC(=N)/C(=C1/N=C(C)N=C(NCc2cccs2)N1)c1ccc2c(c1)c(C)nn2C. The second-order valence-electron chi connectivity index (χ2n) is 6.97. The molecule has 1 aromatic carbocycles. The lowest BCUT2D eigenvalue weighted by Crippen LogP contribution is -2.39. The monoisotopic (exact) mass is 405 g/mol. The minimum absolute atomic E-state index is 0.435. The normalized spacial score (nSPS) is 15.6. The molecule has 148 valence electrons. The Labute approximate surface area is 173 Å². The van der Waals surface area contributed by atoms with Crippen molar-refractivity contribution in [3.8, 4) is 0 Å². The van der Waals surface area contributed by atoms with E-state index < -0.39 is 0 Å². The predicted octanol–water partition coefficient (Wildman–Crippen LogP) is 3.82. The number of aromatic nitrogens is 2. The molecule has 3 heterocycles. The number of amidine groups is 1. The number of nitrogens with zero attached hydrogens (tertiary/aromatic N) is 4. The first-order valence-corrected chi connectivity index (χ1v) is 10.2. The number of aryl methyl sites for hydroxylation is 2. The van der Waals surface area contributed by atoms with Gasteiger partial charge < -0.3 is 16.0 Å². The minimum atomic E-state index is 0.435. The van der Waals surface area contributed by atoms with Crippen LogP contribution in [0.3, 0.4) is 0 Å². The zero-order valence-corrected chi connectivity index (χ0v) is 17.7. The highest BCUT2D eigenvalue weighted by molar-refractivity contribution is 7.09. The molecule has 0 aliphatic carbocycles. The van der Waals surface area contributed by atoms with E-state index in [1.807, 2.05) is 43.8 Å². The average Bonchev–Trinajstić information content (AvgIpc) is 3.28.